The lowest BCUT2D eigenvalue weighted by Crippen LogP contribution is -2.34. The Morgan fingerprint density at radius 2 is 2.00 bits per heavy atom. The van der Waals surface area contributed by atoms with Crippen LogP contribution in [-0.2, 0) is 18.6 Å². The van der Waals surface area contributed by atoms with E-state index in [1.54, 1.807) is 0 Å². The number of nitrogens with zero attached hydrogens (tertiary/aromatic N) is 2. The highest BCUT2D eigenvalue weighted by Crippen LogP contribution is 2.37. The highest BCUT2D eigenvalue weighted by molar-refractivity contribution is 5.88. The first-order valence-electron chi connectivity index (χ1n) is 8.19. The molecule has 118 valence electrons. The monoisotopic (exact) mass is 298 g/mol. The van der Waals surface area contributed by atoms with Gasteiger partial charge in [0, 0.05) is 30.6 Å². The first-order chi connectivity index (χ1) is 10.3. The van der Waals surface area contributed by atoms with E-state index in [4.69, 9.17) is 4.98 Å². The second-order valence-electron chi connectivity index (χ2n) is 7.07. The van der Waals surface area contributed by atoms with Crippen LogP contribution in [0.5, 0.6) is 0 Å². The molecule has 1 aromatic carbocycles. The number of fused-ring (bicyclic) bond motifs is 2. The van der Waals surface area contributed by atoms with Crippen molar-refractivity contribution in [1.29, 1.82) is 0 Å². The Morgan fingerprint density at radius 1 is 1.27 bits per heavy atom. The maximum atomic E-state index is 10.8. The first-order valence-corrected chi connectivity index (χ1v) is 8.19. The molecular formula is C19H26N2O. The lowest BCUT2D eigenvalue weighted by molar-refractivity contribution is 0.0775. The van der Waals surface area contributed by atoms with Crippen LogP contribution in [-0.4, -0.2) is 28.1 Å². The molecule has 0 aliphatic carbocycles. The first kappa shape index (κ1) is 15.4. The third-order valence-corrected chi connectivity index (χ3v) is 4.72. The molecule has 1 aromatic heterocycles. The van der Waals surface area contributed by atoms with Gasteiger partial charge in [0.25, 0.3) is 0 Å². The standard InChI is InChI=1S/C19H26N2O/c1-6-21-8-7-15-14(11-21)18(19(4,5)22)17-13(3)9-12(2)10-16(17)20-15/h9-10,22H,6-8,11H2,1-5H3. The van der Waals surface area contributed by atoms with Crippen LogP contribution in [0.3, 0.4) is 0 Å². The van der Waals surface area contributed by atoms with Crippen LogP contribution >= 0.6 is 0 Å². The SMILES string of the molecule is CCN1CCc2nc3cc(C)cc(C)c3c(C(C)(C)O)c2C1. The lowest BCUT2D eigenvalue weighted by Gasteiger charge is -2.33. The maximum absolute atomic E-state index is 10.8. The van der Waals surface area contributed by atoms with Crippen LogP contribution in [0, 0.1) is 13.8 Å². The van der Waals surface area contributed by atoms with E-state index >= 15 is 0 Å². The number of pyridine rings is 1. The minimum absolute atomic E-state index is 0.859. The van der Waals surface area contributed by atoms with Gasteiger partial charge in [0.1, 0.15) is 0 Å². The molecular weight excluding hydrogens is 272 g/mol. The number of likely N-dealkylation sites (N-methyl/N-ethyl adjacent to an activating group) is 1. The molecule has 1 N–H and O–H groups in total. The number of hydrogen-bond acceptors (Lipinski definition) is 3. The highest BCUT2D eigenvalue weighted by atomic mass is 16.3. The van der Waals surface area contributed by atoms with Gasteiger partial charge in [0.15, 0.2) is 0 Å². The molecule has 22 heavy (non-hydrogen) atoms. The van der Waals surface area contributed by atoms with E-state index in [2.05, 4.69) is 37.8 Å². The predicted octanol–water partition coefficient (Wildman–Crippen LogP) is 3.46. The molecule has 1 aliphatic heterocycles. The van der Waals surface area contributed by atoms with Gasteiger partial charge in [-0.05, 0) is 62.6 Å². The molecule has 3 nitrogen and oxygen atoms in total. The van der Waals surface area contributed by atoms with E-state index in [1.807, 2.05) is 13.8 Å². The molecule has 0 bridgehead atoms. The van der Waals surface area contributed by atoms with Gasteiger partial charge in [-0.2, -0.15) is 0 Å². The van der Waals surface area contributed by atoms with Crippen molar-refractivity contribution in [3.8, 4) is 0 Å². The second-order valence-corrected chi connectivity index (χ2v) is 7.07. The second kappa shape index (κ2) is 5.32. The van der Waals surface area contributed by atoms with Gasteiger partial charge < -0.3 is 5.11 Å². The Bertz CT molecular complexity index is 729. The fraction of sp³-hybridized carbons (Fsp3) is 0.526. The van der Waals surface area contributed by atoms with Crippen molar-refractivity contribution in [3.05, 3.63) is 40.1 Å². The fourth-order valence-electron chi connectivity index (χ4n) is 3.76. The Kier molecular flexibility index (Phi) is 3.74. The zero-order chi connectivity index (χ0) is 16.1. The number of aromatic nitrogens is 1. The Labute approximate surface area is 133 Å². The normalized spacial score (nSPS) is 16.1. The summed E-state index contributed by atoms with van der Waals surface area (Å²) in [6, 6.07) is 4.33. The van der Waals surface area contributed by atoms with Crippen LogP contribution in [0.1, 0.15) is 48.7 Å². The van der Waals surface area contributed by atoms with Gasteiger partial charge in [0.2, 0.25) is 0 Å². The minimum atomic E-state index is -0.859. The molecule has 0 saturated carbocycles. The predicted molar refractivity (Wildman–Crippen MR) is 91.1 cm³/mol. The van der Waals surface area contributed by atoms with Crippen molar-refractivity contribution in [2.45, 2.75) is 53.2 Å². The molecule has 0 unspecified atom stereocenters. The summed E-state index contributed by atoms with van der Waals surface area (Å²) in [5.74, 6) is 0. The van der Waals surface area contributed by atoms with Crippen molar-refractivity contribution < 1.29 is 5.11 Å². The third-order valence-electron chi connectivity index (χ3n) is 4.72. The van der Waals surface area contributed by atoms with Gasteiger partial charge in [-0.15, -0.1) is 0 Å². The molecule has 2 aromatic rings. The lowest BCUT2D eigenvalue weighted by atomic mass is 9.85. The summed E-state index contributed by atoms with van der Waals surface area (Å²) >= 11 is 0. The molecule has 0 amide bonds. The van der Waals surface area contributed by atoms with Crippen molar-refractivity contribution in [3.63, 3.8) is 0 Å². The number of aliphatic hydroxyl groups is 1. The van der Waals surface area contributed by atoms with Crippen LogP contribution < -0.4 is 0 Å². The summed E-state index contributed by atoms with van der Waals surface area (Å²) in [6.45, 7) is 13.2. The molecule has 3 rings (SSSR count). The number of hydrogen-bond donors (Lipinski definition) is 1. The third kappa shape index (κ3) is 2.53. The van der Waals surface area contributed by atoms with E-state index in [1.165, 1.54) is 22.4 Å². The van der Waals surface area contributed by atoms with Crippen molar-refractivity contribution in [1.82, 2.24) is 9.88 Å². The van der Waals surface area contributed by atoms with Gasteiger partial charge >= 0.3 is 0 Å². The molecule has 0 spiro atoms. The van der Waals surface area contributed by atoms with E-state index < -0.39 is 5.60 Å². The Balaban J connectivity index is 2.37. The summed E-state index contributed by atoms with van der Waals surface area (Å²) < 4.78 is 0. The molecule has 0 atom stereocenters. The summed E-state index contributed by atoms with van der Waals surface area (Å²) in [4.78, 5) is 7.37. The van der Waals surface area contributed by atoms with Crippen LogP contribution in [0.2, 0.25) is 0 Å². The number of rotatable bonds is 2. The smallest absolute Gasteiger partial charge is 0.0850 e. The minimum Gasteiger partial charge on any atom is -0.386 e. The average molecular weight is 298 g/mol. The molecule has 0 radical (unpaired) electrons. The zero-order valence-electron chi connectivity index (χ0n) is 14.3. The van der Waals surface area contributed by atoms with Crippen LogP contribution in [0.25, 0.3) is 10.9 Å². The van der Waals surface area contributed by atoms with Crippen molar-refractivity contribution in [2.24, 2.45) is 0 Å². The average Bonchev–Trinajstić information content (AvgIpc) is 2.43. The summed E-state index contributed by atoms with van der Waals surface area (Å²) in [5.41, 5.74) is 6.07. The van der Waals surface area contributed by atoms with Gasteiger partial charge in [0.05, 0.1) is 11.1 Å². The van der Waals surface area contributed by atoms with Crippen molar-refractivity contribution >= 4 is 10.9 Å². The maximum Gasteiger partial charge on any atom is 0.0850 e. The quantitative estimate of drug-likeness (QED) is 0.922. The van der Waals surface area contributed by atoms with E-state index in [9.17, 15) is 5.11 Å². The van der Waals surface area contributed by atoms with Gasteiger partial charge in [-0.3, -0.25) is 9.88 Å². The van der Waals surface area contributed by atoms with Crippen LogP contribution in [0.15, 0.2) is 12.1 Å². The van der Waals surface area contributed by atoms with E-state index in [0.717, 1.165) is 42.5 Å². The molecule has 0 saturated heterocycles. The topological polar surface area (TPSA) is 36.4 Å². The molecule has 3 heteroatoms. The van der Waals surface area contributed by atoms with E-state index in [-0.39, 0.29) is 0 Å². The van der Waals surface area contributed by atoms with Crippen molar-refractivity contribution in [2.75, 3.05) is 13.1 Å². The number of benzene rings is 1. The molecule has 2 heterocycles. The number of aryl methyl sites for hydroxylation is 2. The largest absolute Gasteiger partial charge is 0.386 e. The Morgan fingerprint density at radius 3 is 2.64 bits per heavy atom. The zero-order valence-corrected chi connectivity index (χ0v) is 14.3. The Hall–Kier alpha value is -1.45. The van der Waals surface area contributed by atoms with Gasteiger partial charge in [-0.1, -0.05) is 13.0 Å². The summed E-state index contributed by atoms with van der Waals surface area (Å²) in [5, 5.41) is 12.0. The molecule has 0 fully saturated rings. The summed E-state index contributed by atoms with van der Waals surface area (Å²) in [7, 11) is 0. The fourth-order valence-corrected chi connectivity index (χ4v) is 3.76. The summed E-state index contributed by atoms with van der Waals surface area (Å²) in [6.07, 6.45) is 0.967. The molecule has 1 aliphatic rings. The van der Waals surface area contributed by atoms with Crippen LogP contribution in [0.4, 0.5) is 0 Å². The van der Waals surface area contributed by atoms with Gasteiger partial charge in [-0.25, -0.2) is 0 Å². The highest BCUT2D eigenvalue weighted by Gasteiger charge is 2.29. The van der Waals surface area contributed by atoms with E-state index in [0.29, 0.717) is 0 Å².